The fourth-order valence-corrected chi connectivity index (χ4v) is 3.96. The molecule has 5 heteroatoms. The highest BCUT2D eigenvalue weighted by atomic mass is 32.2. The highest BCUT2D eigenvalue weighted by Crippen LogP contribution is 2.16. The number of amides is 1. The molecule has 0 aromatic heterocycles. The van der Waals surface area contributed by atoms with Gasteiger partial charge in [0.2, 0.25) is 5.91 Å². The van der Waals surface area contributed by atoms with E-state index in [2.05, 4.69) is 69.9 Å². The summed E-state index contributed by atoms with van der Waals surface area (Å²) in [5, 5.41) is 3.20. The van der Waals surface area contributed by atoms with Crippen LogP contribution in [0, 0.1) is 0 Å². The fourth-order valence-electron chi connectivity index (χ4n) is 3.55. The van der Waals surface area contributed by atoms with Gasteiger partial charge in [0, 0.05) is 37.1 Å². The number of carbonyl (C=O) groups excluding carboxylic acids is 1. The highest BCUT2D eigenvalue weighted by Gasteiger charge is 2.24. The van der Waals surface area contributed by atoms with Crippen molar-refractivity contribution in [1.29, 1.82) is 0 Å². The van der Waals surface area contributed by atoms with Crippen LogP contribution in [-0.4, -0.2) is 54.7 Å². The second kappa shape index (κ2) is 9.93. The van der Waals surface area contributed by atoms with E-state index < -0.39 is 0 Å². The number of nitrogens with one attached hydrogen (secondary N) is 1. The summed E-state index contributed by atoms with van der Waals surface area (Å²) < 4.78 is 0. The maximum Gasteiger partial charge on any atom is 0.234 e. The first-order valence-electron chi connectivity index (χ1n) is 9.49. The first-order valence-corrected chi connectivity index (χ1v) is 10.7. The summed E-state index contributed by atoms with van der Waals surface area (Å²) in [6, 6.07) is 19.3. The van der Waals surface area contributed by atoms with Gasteiger partial charge in [0.1, 0.15) is 0 Å². The highest BCUT2D eigenvalue weighted by molar-refractivity contribution is 7.98. The summed E-state index contributed by atoms with van der Waals surface area (Å²) in [5.41, 5.74) is 2.56. The summed E-state index contributed by atoms with van der Waals surface area (Å²) in [6.07, 6.45) is 3.11. The molecule has 1 aliphatic heterocycles. The average Bonchev–Trinajstić information content (AvgIpc) is 3.09. The summed E-state index contributed by atoms with van der Waals surface area (Å²) >= 11 is 1.74. The second-order valence-electron chi connectivity index (χ2n) is 7.29. The van der Waals surface area contributed by atoms with Crippen molar-refractivity contribution in [2.75, 3.05) is 32.9 Å². The Labute approximate surface area is 166 Å². The van der Waals surface area contributed by atoms with Crippen LogP contribution in [0.2, 0.25) is 0 Å². The Balaban J connectivity index is 1.39. The topological polar surface area (TPSA) is 35.6 Å². The Morgan fingerprint density at radius 1 is 1.15 bits per heavy atom. The molecule has 3 rings (SSSR count). The number of thioether (sulfide) groups is 1. The third-order valence-electron chi connectivity index (χ3n) is 4.91. The number of hydrogen-bond donors (Lipinski definition) is 1. The molecular weight excluding hydrogens is 354 g/mol. The minimum absolute atomic E-state index is 0.116. The average molecular weight is 384 g/mol. The molecule has 0 saturated carbocycles. The summed E-state index contributed by atoms with van der Waals surface area (Å²) in [5.74, 6) is 0.116. The molecule has 0 radical (unpaired) electrons. The Bertz CT molecular complexity index is 720. The maximum absolute atomic E-state index is 12.4. The standard InChI is InChI=1S/C22H29N3OS/c1-24(14-19-8-10-21(27-2)11-9-19)17-22(26)23-20-12-13-25(16-20)15-18-6-4-3-5-7-18/h3-11,20H,12-17H2,1-2H3,(H,23,26)/t20-/m0/s1. The van der Waals surface area contributed by atoms with Crippen molar-refractivity contribution in [2.24, 2.45) is 0 Å². The molecule has 0 aliphatic carbocycles. The quantitative estimate of drug-likeness (QED) is 0.710. The van der Waals surface area contributed by atoms with Gasteiger partial charge >= 0.3 is 0 Å². The van der Waals surface area contributed by atoms with Crippen LogP contribution in [0.3, 0.4) is 0 Å². The van der Waals surface area contributed by atoms with E-state index in [0.29, 0.717) is 6.54 Å². The Kier molecular flexibility index (Phi) is 7.33. The molecule has 0 bridgehead atoms. The van der Waals surface area contributed by atoms with E-state index >= 15 is 0 Å². The van der Waals surface area contributed by atoms with Crippen molar-refractivity contribution in [3.8, 4) is 0 Å². The molecule has 1 amide bonds. The van der Waals surface area contributed by atoms with Crippen molar-refractivity contribution in [3.63, 3.8) is 0 Å². The molecule has 2 aromatic carbocycles. The number of likely N-dealkylation sites (N-methyl/N-ethyl adjacent to an activating group) is 1. The van der Waals surface area contributed by atoms with E-state index in [9.17, 15) is 4.79 Å². The number of hydrogen-bond acceptors (Lipinski definition) is 4. The largest absolute Gasteiger partial charge is 0.351 e. The summed E-state index contributed by atoms with van der Waals surface area (Å²) in [6.45, 7) is 4.14. The first-order chi connectivity index (χ1) is 13.1. The SMILES string of the molecule is CSc1ccc(CN(C)CC(=O)N[C@H]2CCN(Cc3ccccc3)C2)cc1. The number of nitrogens with zero attached hydrogens (tertiary/aromatic N) is 2. The Morgan fingerprint density at radius 2 is 1.89 bits per heavy atom. The van der Waals surface area contributed by atoms with Crippen LogP contribution in [0.15, 0.2) is 59.5 Å². The van der Waals surface area contributed by atoms with Gasteiger partial charge in [0.05, 0.1) is 6.54 Å². The molecule has 27 heavy (non-hydrogen) atoms. The number of rotatable bonds is 8. The molecule has 1 fully saturated rings. The third-order valence-corrected chi connectivity index (χ3v) is 5.66. The summed E-state index contributed by atoms with van der Waals surface area (Å²) in [4.78, 5) is 18.1. The zero-order valence-electron chi connectivity index (χ0n) is 16.2. The van der Waals surface area contributed by atoms with Crippen molar-refractivity contribution in [1.82, 2.24) is 15.1 Å². The lowest BCUT2D eigenvalue weighted by Gasteiger charge is -2.19. The van der Waals surface area contributed by atoms with Crippen LogP contribution in [0.1, 0.15) is 17.5 Å². The van der Waals surface area contributed by atoms with Gasteiger partial charge in [-0.2, -0.15) is 0 Å². The summed E-state index contributed by atoms with van der Waals surface area (Å²) in [7, 11) is 2.00. The van der Waals surface area contributed by atoms with Crippen molar-refractivity contribution >= 4 is 17.7 Å². The fraction of sp³-hybridized carbons (Fsp3) is 0.409. The van der Waals surface area contributed by atoms with Gasteiger partial charge in [-0.25, -0.2) is 0 Å². The molecule has 1 atom stereocenters. The van der Waals surface area contributed by atoms with Gasteiger partial charge in [-0.15, -0.1) is 11.8 Å². The number of likely N-dealkylation sites (tertiary alicyclic amines) is 1. The number of benzene rings is 2. The van der Waals surface area contributed by atoms with Gasteiger partial charge in [0.25, 0.3) is 0 Å². The smallest absolute Gasteiger partial charge is 0.234 e. The molecule has 2 aromatic rings. The molecule has 1 heterocycles. The predicted molar refractivity (Wildman–Crippen MR) is 113 cm³/mol. The van der Waals surface area contributed by atoms with E-state index in [1.165, 1.54) is 16.0 Å². The molecule has 1 saturated heterocycles. The molecule has 144 valence electrons. The molecule has 1 aliphatic rings. The van der Waals surface area contributed by atoms with Crippen LogP contribution in [0.25, 0.3) is 0 Å². The first kappa shape index (κ1) is 19.9. The van der Waals surface area contributed by atoms with Crippen LogP contribution in [0.5, 0.6) is 0 Å². The van der Waals surface area contributed by atoms with Crippen LogP contribution < -0.4 is 5.32 Å². The molecular formula is C22H29N3OS. The molecule has 1 N–H and O–H groups in total. The van der Waals surface area contributed by atoms with Crippen molar-refractivity contribution in [2.45, 2.75) is 30.4 Å². The minimum atomic E-state index is 0.116. The lowest BCUT2D eigenvalue weighted by Crippen LogP contribution is -2.42. The van der Waals surface area contributed by atoms with Gasteiger partial charge in [-0.3, -0.25) is 14.6 Å². The van der Waals surface area contributed by atoms with Crippen LogP contribution >= 0.6 is 11.8 Å². The normalized spacial score (nSPS) is 17.4. The van der Waals surface area contributed by atoms with E-state index in [1.807, 2.05) is 13.1 Å². The number of carbonyl (C=O) groups is 1. The van der Waals surface area contributed by atoms with Gasteiger partial charge in [-0.1, -0.05) is 42.5 Å². The minimum Gasteiger partial charge on any atom is -0.351 e. The monoisotopic (exact) mass is 383 g/mol. The van der Waals surface area contributed by atoms with E-state index in [-0.39, 0.29) is 11.9 Å². The van der Waals surface area contributed by atoms with E-state index in [0.717, 1.165) is 32.6 Å². The molecule has 0 spiro atoms. The maximum atomic E-state index is 12.4. The third kappa shape index (κ3) is 6.38. The van der Waals surface area contributed by atoms with Crippen molar-refractivity contribution in [3.05, 3.63) is 65.7 Å². The lowest BCUT2D eigenvalue weighted by molar-refractivity contribution is -0.122. The molecule has 4 nitrogen and oxygen atoms in total. The zero-order chi connectivity index (χ0) is 19.1. The van der Waals surface area contributed by atoms with E-state index in [4.69, 9.17) is 0 Å². The van der Waals surface area contributed by atoms with Gasteiger partial charge in [-0.05, 0) is 43.0 Å². The Hall–Kier alpha value is -1.82. The van der Waals surface area contributed by atoms with Crippen molar-refractivity contribution < 1.29 is 4.79 Å². The molecule has 0 unspecified atom stereocenters. The zero-order valence-corrected chi connectivity index (χ0v) is 17.0. The van der Waals surface area contributed by atoms with Crippen LogP contribution in [0.4, 0.5) is 0 Å². The van der Waals surface area contributed by atoms with Crippen LogP contribution in [-0.2, 0) is 17.9 Å². The Morgan fingerprint density at radius 3 is 2.59 bits per heavy atom. The van der Waals surface area contributed by atoms with E-state index in [1.54, 1.807) is 11.8 Å². The predicted octanol–water partition coefficient (Wildman–Crippen LogP) is 3.23. The van der Waals surface area contributed by atoms with Gasteiger partial charge in [0.15, 0.2) is 0 Å². The second-order valence-corrected chi connectivity index (χ2v) is 8.17. The lowest BCUT2D eigenvalue weighted by atomic mass is 10.2. The van der Waals surface area contributed by atoms with Gasteiger partial charge < -0.3 is 5.32 Å².